The molecule has 2 unspecified atom stereocenters. The SMILES string of the molecule is CC(=O)N[C@@H](CSC(CC(=O)CC(SC[C@H](NC(C)=O)C(=O)O)c1cncc(=O)[nH]1)c1cncc(=O)[nH]1)C(=O)O. The lowest BCUT2D eigenvalue weighted by molar-refractivity contribution is -0.141. The highest BCUT2D eigenvalue weighted by Gasteiger charge is 2.27. The van der Waals surface area contributed by atoms with Crippen LogP contribution < -0.4 is 21.8 Å². The van der Waals surface area contributed by atoms with Gasteiger partial charge in [-0.2, -0.15) is 0 Å². The van der Waals surface area contributed by atoms with Gasteiger partial charge in [0.05, 0.1) is 22.9 Å². The van der Waals surface area contributed by atoms with Crippen molar-refractivity contribution in [2.45, 2.75) is 49.3 Å². The number of carboxylic acid groups (broad SMARTS) is 2. The van der Waals surface area contributed by atoms with E-state index < -0.39 is 57.5 Å². The quantitative estimate of drug-likeness (QED) is 0.145. The summed E-state index contributed by atoms with van der Waals surface area (Å²) < 4.78 is 0. The molecule has 0 fully saturated rings. The van der Waals surface area contributed by atoms with Gasteiger partial charge in [-0.15, -0.1) is 23.5 Å². The summed E-state index contributed by atoms with van der Waals surface area (Å²) in [5.41, 5.74) is -0.556. The molecule has 0 saturated carbocycles. The van der Waals surface area contributed by atoms with E-state index in [2.05, 4.69) is 30.6 Å². The summed E-state index contributed by atoms with van der Waals surface area (Å²) in [5.74, 6) is -4.31. The van der Waals surface area contributed by atoms with E-state index in [9.17, 15) is 43.8 Å². The zero-order valence-electron chi connectivity index (χ0n) is 21.4. The Kier molecular flexibility index (Phi) is 12.5. The number of H-pyrrole nitrogens is 2. The number of rotatable bonds is 16. The van der Waals surface area contributed by atoms with E-state index in [1.165, 1.54) is 26.2 Å². The summed E-state index contributed by atoms with van der Waals surface area (Å²) in [6.45, 7) is 2.34. The average Bonchev–Trinajstić information content (AvgIpc) is 2.86. The molecular formula is C23H28N6O9S2. The van der Waals surface area contributed by atoms with Crippen molar-refractivity contribution in [3.63, 3.8) is 0 Å². The number of carboxylic acids is 2. The van der Waals surface area contributed by atoms with Crippen LogP contribution in [0.2, 0.25) is 0 Å². The van der Waals surface area contributed by atoms with E-state index in [-0.39, 0.29) is 41.5 Å². The van der Waals surface area contributed by atoms with Crippen molar-refractivity contribution in [3.8, 4) is 0 Å². The van der Waals surface area contributed by atoms with Gasteiger partial charge in [0.25, 0.3) is 11.1 Å². The molecule has 2 aromatic rings. The number of nitrogens with zero attached hydrogens (tertiary/aromatic N) is 2. The lowest BCUT2D eigenvalue weighted by Gasteiger charge is -2.21. The molecule has 0 aliphatic heterocycles. The summed E-state index contributed by atoms with van der Waals surface area (Å²) in [5, 5.41) is 22.0. The highest BCUT2D eigenvalue weighted by atomic mass is 32.2. The van der Waals surface area contributed by atoms with Crippen LogP contribution in [-0.4, -0.2) is 83.3 Å². The highest BCUT2D eigenvalue weighted by Crippen LogP contribution is 2.36. The number of carbonyl (C=O) groups excluding carboxylic acids is 3. The van der Waals surface area contributed by atoms with Crippen molar-refractivity contribution < 1.29 is 34.2 Å². The first-order chi connectivity index (χ1) is 18.8. The Morgan fingerprint density at radius 2 is 1.12 bits per heavy atom. The summed E-state index contributed by atoms with van der Waals surface area (Å²) in [6.07, 6.45) is 4.32. The Bertz CT molecular complexity index is 1250. The molecule has 6 N–H and O–H groups in total. The molecule has 0 bridgehead atoms. The first kappa shape index (κ1) is 32.2. The number of hydrogen-bond acceptors (Lipinski definition) is 11. The van der Waals surface area contributed by atoms with Gasteiger partial charge in [-0.25, -0.2) is 9.59 Å². The van der Waals surface area contributed by atoms with E-state index in [1.54, 1.807) is 0 Å². The van der Waals surface area contributed by atoms with Gasteiger partial charge in [0.15, 0.2) is 0 Å². The summed E-state index contributed by atoms with van der Waals surface area (Å²) in [6, 6.07) is -2.51. The molecule has 2 amide bonds. The number of carbonyl (C=O) groups is 5. The van der Waals surface area contributed by atoms with Crippen LogP contribution in [0.25, 0.3) is 0 Å². The third-order valence-electron chi connectivity index (χ3n) is 5.15. The largest absolute Gasteiger partial charge is 0.480 e. The van der Waals surface area contributed by atoms with Gasteiger partial charge >= 0.3 is 11.9 Å². The Hall–Kier alpha value is -3.99. The minimum absolute atomic E-state index is 0.130. The molecule has 0 saturated heterocycles. The topological polar surface area (TPSA) is 241 Å². The standard InChI is InChI=1S/C23H28N6O9S2/c1-11(30)26-16(22(35)36)9-39-18(14-5-24-7-20(33)28-14)3-13(32)4-19(15-6-25-8-21(34)29-15)40-10-17(23(37)38)27-12(2)31/h5-8,16-19H,3-4,9-10H2,1-2H3,(H,26,30)(H,27,31)(H,28,33)(H,29,34)(H,35,36)(H,37,38)/t16-,17-,18?,19?/m0/s1. The van der Waals surface area contributed by atoms with Crippen LogP contribution >= 0.6 is 23.5 Å². The zero-order valence-corrected chi connectivity index (χ0v) is 23.0. The van der Waals surface area contributed by atoms with Gasteiger partial charge < -0.3 is 30.8 Å². The van der Waals surface area contributed by atoms with Crippen LogP contribution in [-0.2, 0) is 24.0 Å². The van der Waals surface area contributed by atoms with Crippen LogP contribution in [0, 0.1) is 0 Å². The maximum Gasteiger partial charge on any atom is 0.327 e. The molecule has 0 aromatic carbocycles. The first-order valence-corrected chi connectivity index (χ1v) is 13.8. The highest BCUT2D eigenvalue weighted by molar-refractivity contribution is 7.99. The average molecular weight is 597 g/mol. The number of nitrogens with one attached hydrogen (secondary N) is 4. The lowest BCUT2D eigenvalue weighted by Crippen LogP contribution is -2.41. The fraction of sp³-hybridized carbons (Fsp3) is 0.435. The number of ketones is 1. The van der Waals surface area contributed by atoms with E-state index in [4.69, 9.17) is 0 Å². The maximum absolute atomic E-state index is 13.3. The van der Waals surface area contributed by atoms with Crippen molar-refractivity contribution in [2.75, 3.05) is 11.5 Å². The third-order valence-corrected chi connectivity index (χ3v) is 7.84. The molecular weight excluding hydrogens is 568 g/mol. The number of amides is 2. The molecule has 0 spiro atoms. The predicted molar refractivity (Wildman–Crippen MR) is 145 cm³/mol. The minimum Gasteiger partial charge on any atom is -0.480 e. The van der Waals surface area contributed by atoms with Gasteiger partial charge in [0, 0.05) is 62.0 Å². The van der Waals surface area contributed by atoms with Gasteiger partial charge in [-0.05, 0) is 0 Å². The lowest BCUT2D eigenvalue weighted by atomic mass is 10.1. The van der Waals surface area contributed by atoms with Gasteiger partial charge in [-0.3, -0.25) is 33.9 Å². The summed E-state index contributed by atoms with van der Waals surface area (Å²) in [4.78, 5) is 95.7. The summed E-state index contributed by atoms with van der Waals surface area (Å²) in [7, 11) is 0. The first-order valence-electron chi connectivity index (χ1n) is 11.7. The van der Waals surface area contributed by atoms with Crippen molar-refractivity contribution in [1.82, 2.24) is 30.6 Å². The van der Waals surface area contributed by atoms with Crippen LogP contribution in [0.3, 0.4) is 0 Å². The minimum atomic E-state index is -1.28. The van der Waals surface area contributed by atoms with E-state index in [0.29, 0.717) is 0 Å². The molecule has 216 valence electrons. The number of aromatic nitrogens is 4. The van der Waals surface area contributed by atoms with Crippen LogP contribution in [0.1, 0.15) is 48.6 Å². The van der Waals surface area contributed by atoms with Gasteiger partial charge in [0.2, 0.25) is 11.8 Å². The second kappa shape index (κ2) is 15.6. The molecule has 15 nitrogen and oxygen atoms in total. The molecule has 0 aliphatic rings. The fourth-order valence-electron chi connectivity index (χ4n) is 3.39. The van der Waals surface area contributed by atoms with Gasteiger partial charge in [-0.1, -0.05) is 0 Å². The second-order valence-electron chi connectivity index (χ2n) is 8.48. The van der Waals surface area contributed by atoms with Gasteiger partial charge in [0.1, 0.15) is 17.9 Å². The molecule has 0 aliphatic carbocycles. The Morgan fingerprint density at radius 1 is 0.750 bits per heavy atom. The molecule has 2 heterocycles. The third kappa shape index (κ3) is 11.0. The zero-order chi connectivity index (χ0) is 29.8. The van der Waals surface area contributed by atoms with Crippen molar-refractivity contribution in [3.05, 3.63) is 56.9 Å². The van der Waals surface area contributed by atoms with Crippen molar-refractivity contribution in [2.24, 2.45) is 0 Å². The molecule has 17 heteroatoms. The smallest absolute Gasteiger partial charge is 0.327 e. The summed E-state index contributed by atoms with van der Waals surface area (Å²) >= 11 is 2.03. The predicted octanol–water partition coefficient (Wildman–Crippen LogP) is -0.370. The number of aliphatic carboxylic acids is 2. The van der Waals surface area contributed by atoms with Crippen LogP contribution in [0.15, 0.2) is 34.4 Å². The Morgan fingerprint density at radius 3 is 1.43 bits per heavy atom. The molecule has 0 radical (unpaired) electrons. The van der Waals surface area contributed by atoms with Crippen molar-refractivity contribution >= 4 is 53.1 Å². The van der Waals surface area contributed by atoms with Crippen LogP contribution in [0.4, 0.5) is 0 Å². The molecule has 40 heavy (non-hydrogen) atoms. The van der Waals surface area contributed by atoms with E-state index in [0.717, 1.165) is 35.9 Å². The monoisotopic (exact) mass is 596 g/mol. The fourth-order valence-corrected chi connectivity index (χ4v) is 5.90. The number of hydrogen-bond donors (Lipinski definition) is 6. The molecule has 4 atom stereocenters. The van der Waals surface area contributed by atoms with Crippen LogP contribution in [0.5, 0.6) is 0 Å². The number of aromatic amines is 2. The number of Topliss-reactive ketones (excluding diaryl/α,β-unsaturated/α-hetero) is 1. The Balaban J connectivity index is 2.27. The van der Waals surface area contributed by atoms with Crippen molar-refractivity contribution in [1.29, 1.82) is 0 Å². The number of thioether (sulfide) groups is 2. The molecule has 2 aromatic heterocycles. The second-order valence-corrected chi connectivity index (χ2v) is 10.9. The molecule has 2 rings (SSSR count). The normalized spacial score (nSPS) is 13.8. The maximum atomic E-state index is 13.3. The van der Waals surface area contributed by atoms with E-state index in [1.807, 2.05) is 0 Å². The Labute approximate surface area is 235 Å². The van der Waals surface area contributed by atoms with E-state index >= 15 is 0 Å².